The molecule has 2 N–H and O–H groups in total. The minimum Gasteiger partial charge on any atom is -0.496 e. The Labute approximate surface area is 154 Å². The number of methoxy groups -OCH3 is 1. The van der Waals surface area contributed by atoms with Gasteiger partial charge in [-0.25, -0.2) is 4.39 Å². The van der Waals surface area contributed by atoms with Crippen LogP contribution in [-0.2, 0) is 6.54 Å². The molecule has 26 heavy (non-hydrogen) atoms. The third-order valence-corrected chi connectivity index (χ3v) is 3.83. The van der Waals surface area contributed by atoms with Crippen molar-refractivity contribution in [3.05, 3.63) is 59.4 Å². The largest absolute Gasteiger partial charge is 0.496 e. The molecule has 6 heteroatoms. The van der Waals surface area contributed by atoms with Gasteiger partial charge >= 0.3 is 0 Å². The maximum absolute atomic E-state index is 13.6. The summed E-state index contributed by atoms with van der Waals surface area (Å²) in [5.74, 6) is 1.35. The fourth-order valence-corrected chi connectivity index (χ4v) is 2.44. The van der Waals surface area contributed by atoms with Gasteiger partial charge in [-0.3, -0.25) is 4.99 Å². The Balaban J connectivity index is 1.85. The first-order valence-electron chi connectivity index (χ1n) is 8.52. The number of para-hydroxylation sites is 1. The first-order valence-corrected chi connectivity index (χ1v) is 8.52. The van der Waals surface area contributed by atoms with E-state index in [9.17, 15) is 4.39 Å². The van der Waals surface area contributed by atoms with Crippen LogP contribution < -0.4 is 20.1 Å². The minimum absolute atomic E-state index is 0.223. The Morgan fingerprint density at radius 3 is 2.62 bits per heavy atom. The van der Waals surface area contributed by atoms with E-state index >= 15 is 0 Å². The monoisotopic (exact) mass is 359 g/mol. The number of benzene rings is 2. The number of nitrogens with zero attached hydrogens (tertiary/aromatic N) is 1. The van der Waals surface area contributed by atoms with Crippen molar-refractivity contribution in [3.8, 4) is 11.5 Å². The molecular formula is C20H26FN3O2. The molecule has 0 heterocycles. The van der Waals surface area contributed by atoms with Crippen molar-refractivity contribution in [1.82, 2.24) is 10.6 Å². The summed E-state index contributed by atoms with van der Waals surface area (Å²) >= 11 is 0. The van der Waals surface area contributed by atoms with Gasteiger partial charge in [0.15, 0.2) is 17.5 Å². The third-order valence-electron chi connectivity index (χ3n) is 3.83. The van der Waals surface area contributed by atoms with E-state index in [0.29, 0.717) is 19.0 Å². The summed E-state index contributed by atoms with van der Waals surface area (Å²) in [5, 5.41) is 6.42. The number of hydrogen-bond acceptors (Lipinski definition) is 3. The van der Waals surface area contributed by atoms with Crippen molar-refractivity contribution in [2.45, 2.75) is 26.5 Å². The van der Waals surface area contributed by atoms with E-state index < -0.39 is 0 Å². The Bertz CT molecular complexity index is 750. The Morgan fingerprint density at radius 2 is 1.92 bits per heavy atom. The van der Waals surface area contributed by atoms with Crippen molar-refractivity contribution >= 4 is 5.96 Å². The van der Waals surface area contributed by atoms with Crippen molar-refractivity contribution in [2.24, 2.45) is 4.99 Å². The fraction of sp³-hybridized carbons (Fsp3) is 0.350. The molecule has 0 bridgehead atoms. The molecule has 0 spiro atoms. The lowest BCUT2D eigenvalue weighted by Gasteiger charge is -2.18. The summed E-state index contributed by atoms with van der Waals surface area (Å²) in [7, 11) is 3.36. The Kier molecular flexibility index (Phi) is 7.26. The minimum atomic E-state index is -0.367. The summed E-state index contributed by atoms with van der Waals surface area (Å²) in [6, 6.07) is 12.4. The van der Waals surface area contributed by atoms with Gasteiger partial charge in [0.1, 0.15) is 11.9 Å². The van der Waals surface area contributed by atoms with Gasteiger partial charge in [0.2, 0.25) is 0 Å². The number of rotatable bonds is 7. The van der Waals surface area contributed by atoms with Gasteiger partial charge in [-0.05, 0) is 37.6 Å². The fourth-order valence-electron chi connectivity index (χ4n) is 2.44. The zero-order valence-corrected chi connectivity index (χ0v) is 15.7. The highest BCUT2D eigenvalue weighted by molar-refractivity contribution is 5.79. The van der Waals surface area contributed by atoms with Gasteiger partial charge in [0.05, 0.1) is 13.7 Å². The molecule has 0 aromatic heterocycles. The molecule has 5 nitrogen and oxygen atoms in total. The molecule has 0 fully saturated rings. The smallest absolute Gasteiger partial charge is 0.191 e. The molecule has 0 saturated carbocycles. The van der Waals surface area contributed by atoms with Crippen LogP contribution in [0.2, 0.25) is 0 Å². The number of aryl methyl sites for hydroxylation is 1. The van der Waals surface area contributed by atoms with E-state index in [1.165, 1.54) is 6.07 Å². The SMILES string of the molecule is CN=C(NCc1ccc(C)cc1OC)NCC(C)Oc1ccccc1F. The molecule has 1 unspecified atom stereocenters. The first-order chi connectivity index (χ1) is 12.5. The Morgan fingerprint density at radius 1 is 1.15 bits per heavy atom. The number of guanidine groups is 1. The molecule has 0 aliphatic rings. The molecule has 0 aliphatic heterocycles. The van der Waals surface area contributed by atoms with Crippen molar-refractivity contribution in [2.75, 3.05) is 20.7 Å². The molecule has 0 amide bonds. The average molecular weight is 359 g/mol. The molecule has 2 aromatic rings. The molecule has 1 atom stereocenters. The van der Waals surface area contributed by atoms with E-state index in [2.05, 4.69) is 15.6 Å². The second kappa shape index (κ2) is 9.65. The lowest BCUT2D eigenvalue weighted by molar-refractivity contribution is 0.214. The molecule has 0 saturated heterocycles. The normalized spacial score (nSPS) is 12.4. The lowest BCUT2D eigenvalue weighted by atomic mass is 10.1. The van der Waals surface area contributed by atoms with Crippen LogP contribution in [0.4, 0.5) is 4.39 Å². The van der Waals surface area contributed by atoms with E-state index in [0.717, 1.165) is 16.9 Å². The van der Waals surface area contributed by atoms with Crippen LogP contribution in [0.25, 0.3) is 0 Å². The summed E-state index contributed by atoms with van der Waals surface area (Å²) in [5.41, 5.74) is 2.18. The average Bonchev–Trinajstić information content (AvgIpc) is 2.64. The number of halogens is 1. The van der Waals surface area contributed by atoms with Crippen LogP contribution in [0, 0.1) is 12.7 Å². The van der Waals surface area contributed by atoms with Gasteiger partial charge < -0.3 is 20.1 Å². The van der Waals surface area contributed by atoms with E-state index in [4.69, 9.17) is 9.47 Å². The standard InChI is InChI=1S/C20H26FN3O2/c1-14-9-10-16(19(11-14)25-4)13-24-20(22-3)23-12-15(2)26-18-8-6-5-7-17(18)21/h5-11,15H,12-13H2,1-4H3,(H2,22,23,24). The summed E-state index contributed by atoms with van der Waals surface area (Å²) in [6.45, 7) is 4.96. The number of nitrogens with one attached hydrogen (secondary N) is 2. The van der Waals surface area contributed by atoms with Gasteiger partial charge in [0.25, 0.3) is 0 Å². The second-order valence-corrected chi connectivity index (χ2v) is 5.98. The zero-order chi connectivity index (χ0) is 18.9. The van der Waals surface area contributed by atoms with E-state index in [1.807, 2.05) is 32.0 Å². The zero-order valence-electron chi connectivity index (χ0n) is 15.7. The van der Waals surface area contributed by atoms with Crippen LogP contribution in [0.1, 0.15) is 18.1 Å². The van der Waals surface area contributed by atoms with E-state index in [1.54, 1.807) is 32.4 Å². The molecule has 0 aliphatic carbocycles. The first kappa shape index (κ1) is 19.6. The van der Waals surface area contributed by atoms with Gasteiger partial charge in [0, 0.05) is 19.2 Å². The predicted octanol–water partition coefficient (Wildman–Crippen LogP) is 3.28. The maximum Gasteiger partial charge on any atom is 0.191 e. The number of aliphatic imine (C=N–C) groups is 1. The second-order valence-electron chi connectivity index (χ2n) is 5.98. The summed E-state index contributed by atoms with van der Waals surface area (Å²) in [6.07, 6.45) is -0.223. The molecule has 2 aromatic carbocycles. The van der Waals surface area contributed by atoms with Gasteiger partial charge in [-0.15, -0.1) is 0 Å². The number of ether oxygens (including phenoxy) is 2. The van der Waals surface area contributed by atoms with Crippen LogP contribution in [0.5, 0.6) is 11.5 Å². The highest BCUT2D eigenvalue weighted by Crippen LogP contribution is 2.19. The summed E-state index contributed by atoms with van der Waals surface area (Å²) in [4.78, 5) is 4.20. The van der Waals surface area contributed by atoms with Crippen molar-refractivity contribution in [1.29, 1.82) is 0 Å². The van der Waals surface area contributed by atoms with E-state index in [-0.39, 0.29) is 17.7 Å². The van der Waals surface area contributed by atoms with Crippen LogP contribution >= 0.6 is 0 Å². The van der Waals surface area contributed by atoms with Crippen LogP contribution in [0.3, 0.4) is 0 Å². The third kappa shape index (κ3) is 5.65. The quantitative estimate of drug-likeness (QED) is 0.588. The number of hydrogen-bond donors (Lipinski definition) is 2. The lowest BCUT2D eigenvalue weighted by Crippen LogP contribution is -2.41. The molecular weight excluding hydrogens is 333 g/mol. The van der Waals surface area contributed by atoms with Gasteiger partial charge in [-0.2, -0.15) is 0 Å². The topological polar surface area (TPSA) is 54.9 Å². The summed E-state index contributed by atoms with van der Waals surface area (Å²) < 4.78 is 24.7. The Hall–Kier alpha value is -2.76. The van der Waals surface area contributed by atoms with Crippen LogP contribution in [-0.4, -0.2) is 32.8 Å². The van der Waals surface area contributed by atoms with Gasteiger partial charge in [-0.1, -0.05) is 24.3 Å². The van der Waals surface area contributed by atoms with Crippen molar-refractivity contribution < 1.29 is 13.9 Å². The molecule has 2 rings (SSSR count). The van der Waals surface area contributed by atoms with Crippen molar-refractivity contribution in [3.63, 3.8) is 0 Å². The predicted molar refractivity (Wildman–Crippen MR) is 102 cm³/mol. The maximum atomic E-state index is 13.6. The van der Waals surface area contributed by atoms with Crippen LogP contribution in [0.15, 0.2) is 47.5 Å². The molecule has 140 valence electrons. The highest BCUT2D eigenvalue weighted by Gasteiger charge is 2.09. The highest BCUT2D eigenvalue weighted by atomic mass is 19.1. The molecule has 0 radical (unpaired) electrons.